The van der Waals surface area contributed by atoms with Crippen molar-refractivity contribution in [2.24, 2.45) is 0 Å². The number of hydrogen-bond acceptors (Lipinski definition) is 2. The molecule has 0 atom stereocenters. The maximum atomic E-state index is 5.53. The molecule has 0 aliphatic carbocycles. The van der Waals surface area contributed by atoms with Gasteiger partial charge in [0, 0.05) is 18.8 Å². The average molecular weight is 321 g/mol. The van der Waals surface area contributed by atoms with Gasteiger partial charge in [-0.3, -0.25) is 0 Å². The fourth-order valence-corrected chi connectivity index (χ4v) is 2.81. The Morgan fingerprint density at radius 3 is 1.92 bits per heavy atom. The van der Waals surface area contributed by atoms with Crippen LogP contribution in [0, 0.1) is 0 Å². The van der Waals surface area contributed by atoms with Crippen LogP contribution in [-0.4, -0.2) is 19.7 Å². The Balaban J connectivity index is 2.30. The Morgan fingerprint density at radius 2 is 1.46 bits per heavy atom. The fraction of sp³-hybridized carbons (Fsp3) is 0.273. The summed E-state index contributed by atoms with van der Waals surface area (Å²) >= 11 is 0. The summed E-state index contributed by atoms with van der Waals surface area (Å²) in [5, 5.41) is 0. The number of ether oxygens (including phenoxy) is 1. The molecule has 2 aromatic rings. The minimum absolute atomic E-state index is 0.682. The van der Waals surface area contributed by atoms with Crippen LogP contribution in [0.25, 0.3) is 5.57 Å². The van der Waals surface area contributed by atoms with Crippen LogP contribution in [0.3, 0.4) is 0 Å². The van der Waals surface area contributed by atoms with Gasteiger partial charge in [-0.2, -0.15) is 0 Å². The number of rotatable bonds is 8. The highest BCUT2D eigenvalue weighted by atomic mass is 16.5. The van der Waals surface area contributed by atoms with Crippen LogP contribution in [0.5, 0.6) is 5.75 Å². The molecule has 0 aromatic heterocycles. The largest absolute Gasteiger partial charge is 0.494 e. The summed E-state index contributed by atoms with van der Waals surface area (Å²) < 4.78 is 5.53. The molecule has 0 bridgehead atoms. The van der Waals surface area contributed by atoms with Gasteiger partial charge in [0.05, 0.1) is 6.61 Å². The van der Waals surface area contributed by atoms with Crippen LogP contribution in [-0.2, 0) is 0 Å². The third kappa shape index (κ3) is 4.29. The van der Waals surface area contributed by atoms with Crippen molar-refractivity contribution in [3.8, 4) is 5.75 Å². The molecule has 0 radical (unpaired) electrons. The number of anilines is 1. The first-order valence-electron chi connectivity index (χ1n) is 8.64. The van der Waals surface area contributed by atoms with Gasteiger partial charge >= 0.3 is 0 Å². The summed E-state index contributed by atoms with van der Waals surface area (Å²) in [4.78, 5) is 2.34. The lowest BCUT2D eigenvalue weighted by Gasteiger charge is -2.21. The molecular formula is C22H27NO. The lowest BCUT2D eigenvalue weighted by Crippen LogP contribution is -2.21. The predicted molar refractivity (Wildman–Crippen MR) is 105 cm³/mol. The van der Waals surface area contributed by atoms with Crippen LogP contribution in [0.1, 0.15) is 31.9 Å². The molecule has 2 nitrogen and oxygen atoms in total. The van der Waals surface area contributed by atoms with E-state index in [9.17, 15) is 0 Å². The molecule has 0 aliphatic heterocycles. The first-order valence-corrected chi connectivity index (χ1v) is 8.64. The van der Waals surface area contributed by atoms with Crippen LogP contribution < -0.4 is 9.64 Å². The van der Waals surface area contributed by atoms with Gasteiger partial charge in [-0.05, 0) is 61.7 Å². The third-order valence-corrected chi connectivity index (χ3v) is 4.07. The van der Waals surface area contributed by atoms with E-state index < -0.39 is 0 Å². The first kappa shape index (κ1) is 17.9. The van der Waals surface area contributed by atoms with Gasteiger partial charge in [-0.25, -0.2) is 0 Å². The van der Waals surface area contributed by atoms with Crippen LogP contribution >= 0.6 is 0 Å². The van der Waals surface area contributed by atoms with Crippen molar-refractivity contribution >= 4 is 11.3 Å². The van der Waals surface area contributed by atoms with Crippen molar-refractivity contribution in [1.29, 1.82) is 0 Å². The fourth-order valence-electron chi connectivity index (χ4n) is 2.81. The quantitative estimate of drug-likeness (QED) is 0.591. The third-order valence-electron chi connectivity index (χ3n) is 4.07. The molecular weight excluding hydrogens is 294 g/mol. The molecule has 0 saturated carbocycles. The summed E-state index contributed by atoms with van der Waals surface area (Å²) in [6, 6.07) is 17.0. The molecule has 0 spiro atoms. The minimum atomic E-state index is 0.682. The predicted octanol–water partition coefficient (Wildman–Crippen LogP) is 5.55. The van der Waals surface area contributed by atoms with Crippen LogP contribution in [0.2, 0.25) is 0 Å². The van der Waals surface area contributed by atoms with Crippen LogP contribution in [0.15, 0.2) is 67.3 Å². The second kappa shape index (κ2) is 8.97. The topological polar surface area (TPSA) is 12.5 Å². The van der Waals surface area contributed by atoms with Gasteiger partial charge in [-0.15, -0.1) is 0 Å². The summed E-state index contributed by atoms with van der Waals surface area (Å²) in [6.45, 7) is 12.9. The molecule has 2 heteroatoms. The van der Waals surface area contributed by atoms with E-state index in [-0.39, 0.29) is 0 Å². The number of allylic oxidation sites excluding steroid dienone is 2. The first-order chi connectivity index (χ1) is 11.7. The molecule has 126 valence electrons. The molecule has 24 heavy (non-hydrogen) atoms. The molecule has 0 saturated heterocycles. The van der Waals surface area contributed by atoms with Gasteiger partial charge in [-0.1, -0.05) is 43.0 Å². The van der Waals surface area contributed by atoms with E-state index >= 15 is 0 Å². The zero-order valence-corrected chi connectivity index (χ0v) is 15.0. The second-order valence-electron chi connectivity index (χ2n) is 5.49. The van der Waals surface area contributed by atoms with E-state index in [4.69, 9.17) is 4.74 Å². The van der Waals surface area contributed by atoms with Gasteiger partial charge < -0.3 is 9.64 Å². The summed E-state index contributed by atoms with van der Waals surface area (Å²) in [6.07, 6.45) is 3.90. The Morgan fingerprint density at radius 1 is 0.917 bits per heavy atom. The molecule has 2 aromatic carbocycles. The second-order valence-corrected chi connectivity index (χ2v) is 5.49. The molecule has 2 rings (SSSR count). The Hall–Kier alpha value is -2.48. The average Bonchev–Trinajstić information content (AvgIpc) is 2.63. The highest BCUT2D eigenvalue weighted by Crippen LogP contribution is 2.27. The van der Waals surface area contributed by atoms with Crippen molar-refractivity contribution in [1.82, 2.24) is 0 Å². The van der Waals surface area contributed by atoms with Crippen molar-refractivity contribution in [2.45, 2.75) is 20.8 Å². The van der Waals surface area contributed by atoms with E-state index in [0.717, 1.165) is 24.4 Å². The molecule has 0 aliphatic rings. The lowest BCUT2D eigenvalue weighted by atomic mass is 9.97. The van der Waals surface area contributed by atoms with Crippen molar-refractivity contribution in [3.63, 3.8) is 0 Å². The van der Waals surface area contributed by atoms with Crippen molar-refractivity contribution in [3.05, 3.63) is 78.4 Å². The van der Waals surface area contributed by atoms with E-state index in [2.05, 4.69) is 67.8 Å². The van der Waals surface area contributed by atoms with Crippen molar-refractivity contribution < 1.29 is 4.74 Å². The van der Waals surface area contributed by atoms with E-state index in [0.29, 0.717) is 6.61 Å². The lowest BCUT2D eigenvalue weighted by molar-refractivity contribution is 0.340. The van der Waals surface area contributed by atoms with E-state index in [1.165, 1.54) is 16.8 Å². The smallest absolute Gasteiger partial charge is 0.119 e. The highest BCUT2D eigenvalue weighted by molar-refractivity contribution is 5.81. The Bertz CT molecular complexity index is 664. The summed E-state index contributed by atoms with van der Waals surface area (Å²) in [5.41, 5.74) is 4.77. The van der Waals surface area contributed by atoms with Gasteiger partial charge in [0.25, 0.3) is 0 Å². The van der Waals surface area contributed by atoms with Gasteiger partial charge in [0.2, 0.25) is 0 Å². The number of nitrogens with zero attached hydrogens (tertiary/aromatic N) is 1. The standard InChI is InChI=1S/C22H27NO/c1-5-9-22(19-12-16-21(17-13-19)24-8-4)18-10-14-20(15-11-18)23(6-2)7-3/h5,9-17H,1,6-8H2,2-4H3/b22-9+. The normalized spacial score (nSPS) is 11.2. The molecule has 0 unspecified atom stereocenters. The number of hydrogen-bond donors (Lipinski definition) is 0. The Kier molecular flexibility index (Phi) is 6.68. The summed E-state index contributed by atoms with van der Waals surface area (Å²) in [5.74, 6) is 0.899. The minimum Gasteiger partial charge on any atom is -0.494 e. The summed E-state index contributed by atoms with van der Waals surface area (Å²) in [7, 11) is 0. The van der Waals surface area contributed by atoms with E-state index in [1.807, 2.05) is 25.1 Å². The van der Waals surface area contributed by atoms with Gasteiger partial charge in [0.15, 0.2) is 0 Å². The van der Waals surface area contributed by atoms with Gasteiger partial charge in [0.1, 0.15) is 5.75 Å². The maximum Gasteiger partial charge on any atom is 0.119 e. The molecule has 0 amide bonds. The van der Waals surface area contributed by atoms with Crippen molar-refractivity contribution in [2.75, 3.05) is 24.6 Å². The zero-order chi connectivity index (χ0) is 17.4. The molecule has 0 N–H and O–H groups in total. The monoisotopic (exact) mass is 321 g/mol. The zero-order valence-electron chi connectivity index (χ0n) is 15.0. The maximum absolute atomic E-state index is 5.53. The molecule has 0 fully saturated rings. The number of benzene rings is 2. The molecule has 0 heterocycles. The Labute approximate surface area is 146 Å². The van der Waals surface area contributed by atoms with Crippen LogP contribution in [0.4, 0.5) is 5.69 Å². The SMILES string of the molecule is C=C/C=C(/c1ccc(OCC)cc1)c1ccc(N(CC)CC)cc1. The highest BCUT2D eigenvalue weighted by Gasteiger charge is 2.07. The van der Waals surface area contributed by atoms with E-state index in [1.54, 1.807) is 0 Å².